The van der Waals surface area contributed by atoms with Gasteiger partial charge in [-0.1, -0.05) is 0 Å². The van der Waals surface area contributed by atoms with Crippen molar-refractivity contribution in [2.45, 2.75) is 26.6 Å². The van der Waals surface area contributed by atoms with Gasteiger partial charge in [0.25, 0.3) is 0 Å². The third kappa shape index (κ3) is 5.05. The van der Waals surface area contributed by atoms with E-state index in [-0.39, 0.29) is 34.0 Å². The number of aromatic nitrogens is 1. The Kier molecular flexibility index (Phi) is 7.01. The zero-order chi connectivity index (χ0) is 22.6. The van der Waals surface area contributed by atoms with Crippen molar-refractivity contribution in [1.29, 1.82) is 0 Å². The van der Waals surface area contributed by atoms with E-state index in [1.165, 1.54) is 53.4 Å². The number of esters is 1. The molecule has 2 rings (SSSR count). The van der Waals surface area contributed by atoms with Gasteiger partial charge >= 0.3 is 12.1 Å². The van der Waals surface area contributed by atoms with Crippen LogP contribution in [0.2, 0.25) is 0 Å². The number of alkyl halides is 3. The molecule has 0 atom stereocenters. The summed E-state index contributed by atoms with van der Waals surface area (Å²) in [7, 11) is 4.15. The first-order valence-electron chi connectivity index (χ1n) is 8.76. The number of halogens is 3. The summed E-state index contributed by atoms with van der Waals surface area (Å²) in [5, 5.41) is 0. The van der Waals surface area contributed by atoms with Crippen LogP contribution in [-0.4, -0.2) is 50.4 Å². The first-order chi connectivity index (χ1) is 14.0. The van der Waals surface area contributed by atoms with Crippen LogP contribution in [0.3, 0.4) is 0 Å². The minimum Gasteiger partial charge on any atom is -0.496 e. The first kappa shape index (κ1) is 23.1. The van der Waals surface area contributed by atoms with Crippen LogP contribution in [0.15, 0.2) is 18.2 Å². The number of Topliss-reactive ketones (excluding diaryl/α,β-unsaturated/α-hetero) is 1. The van der Waals surface area contributed by atoms with Gasteiger partial charge in [-0.25, -0.2) is 4.79 Å². The largest absolute Gasteiger partial charge is 0.496 e. The van der Waals surface area contributed by atoms with Crippen molar-refractivity contribution in [3.05, 3.63) is 40.7 Å². The zero-order valence-electron chi connectivity index (χ0n) is 17.2. The van der Waals surface area contributed by atoms with E-state index in [0.29, 0.717) is 5.75 Å². The van der Waals surface area contributed by atoms with Gasteiger partial charge in [0.05, 0.1) is 21.3 Å². The maximum Gasteiger partial charge on any atom is 0.406 e. The van der Waals surface area contributed by atoms with Crippen molar-refractivity contribution < 1.29 is 41.7 Å². The number of ketones is 1. The van der Waals surface area contributed by atoms with Gasteiger partial charge in [0.1, 0.15) is 17.9 Å². The smallest absolute Gasteiger partial charge is 0.406 e. The number of carbonyl (C=O) groups is 2. The molecule has 10 heteroatoms. The number of hydrogen-bond donors (Lipinski definition) is 0. The number of rotatable bonds is 8. The van der Waals surface area contributed by atoms with Crippen molar-refractivity contribution in [1.82, 2.24) is 4.57 Å². The van der Waals surface area contributed by atoms with Crippen LogP contribution in [0.5, 0.6) is 17.2 Å². The van der Waals surface area contributed by atoms with Crippen LogP contribution >= 0.6 is 0 Å². The number of aryl methyl sites for hydroxylation is 1. The molecule has 0 saturated heterocycles. The predicted molar refractivity (Wildman–Crippen MR) is 101 cm³/mol. The van der Waals surface area contributed by atoms with E-state index in [1.807, 2.05) is 0 Å². The van der Waals surface area contributed by atoms with E-state index in [2.05, 4.69) is 0 Å². The third-order valence-corrected chi connectivity index (χ3v) is 4.47. The molecule has 164 valence electrons. The molecule has 0 N–H and O–H groups in total. The van der Waals surface area contributed by atoms with Gasteiger partial charge < -0.3 is 23.5 Å². The van der Waals surface area contributed by atoms with Crippen molar-refractivity contribution in [3.8, 4) is 17.2 Å². The Morgan fingerprint density at radius 1 is 0.900 bits per heavy atom. The molecule has 0 spiro atoms. The maximum absolute atomic E-state index is 12.7. The zero-order valence-corrected chi connectivity index (χ0v) is 17.2. The second-order valence-corrected chi connectivity index (χ2v) is 6.39. The molecule has 0 aliphatic heterocycles. The lowest BCUT2D eigenvalue weighted by atomic mass is 10.1. The Labute approximate surface area is 171 Å². The fourth-order valence-corrected chi connectivity index (χ4v) is 2.98. The van der Waals surface area contributed by atoms with E-state index in [4.69, 9.17) is 18.9 Å². The molecular weight excluding hydrogens is 407 g/mol. The topological polar surface area (TPSA) is 76.0 Å². The van der Waals surface area contributed by atoms with Gasteiger partial charge in [-0.3, -0.25) is 4.79 Å². The highest BCUT2D eigenvalue weighted by atomic mass is 19.4. The molecule has 0 bridgehead atoms. The minimum atomic E-state index is -4.43. The van der Waals surface area contributed by atoms with Gasteiger partial charge in [0, 0.05) is 29.1 Å². The standard InChI is InChI=1S/C20H22F3NO6/c1-11-6-13(12(2)24(11)10-20(21,22)23)15(25)9-30-19(26)14-7-17(28-4)18(29-5)8-16(14)27-3/h6-8H,9-10H2,1-5H3. The van der Waals surface area contributed by atoms with E-state index in [0.717, 1.165) is 4.57 Å². The van der Waals surface area contributed by atoms with Crippen LogP contribution in [0.1, 0.15) is 32.1 Å². The minimum absolute atomic E-state index is 0.00509. The quantitative estimate of drug-likeness (QED) is 0.470. The highest BCUT2D eigenvalue weighted by Crippen LogP contribution is 2.35. The van der Waals surface area contributed by atoms with Gasteiger partial charge in [-0.15, -0.1) is 0 Å². The Morgan fingerprint density at radius 2 is 1.47 bits per heavy atom. The number of nitrogens with zero attached hydrogens (tertiary/aromatic N) is 1. The lowest BCUT2D eigenvalue weighted by Gasteiger charge is -2.14. The Balaban J connectivity index is 2.19. The van der Waals surface area contributed by atoms with Crippen molar-refractivity contribution >= 4 is 11.8 Å². The molecule has 0 amide bonds. The lowest BCUT2D eigenvalue weighted by molar-refractivity contribution is -0.141. The van der Waals surface area contributed by atoms with E-state index in [9.17, 15) is 22.8 Å². The summed E-state index contributed by atoms with van der Waals surface area (Å²) in [5.74, 6) is -0.741. The Bertz CT molecular complexity index is 949. The number of hydrogen-bond acceptors (Lipinski definition) is 6. The summed E-state index contributed by atoms with van der Waals surface area (Å²) in [6.45, 7) is 1.02. The molecule has 1 heterocycles. The first-order valence-corrected chi connectivity index (χ1v) is 8.76. The van der Waals surface area contributed by atoms with Crippen LogP contribution in [0.4, 0.5) is 13.2 Å². The molecule has 0 fully saturated rings. The third-order valence-electron chi connectivity index (χ3n) is 4.47. The molecule has 1 aromatic carbocycles. The highest BCUT2D eigenvalue weighted by Gasteiger charge is 2.30. The summed E-state index contributed by atoms with van der Waals surface area (Å²) < 4.78 is 59.7. The summed E-state index contributed by atoms with van der Waals surface area (Å²) in [6, 6.07) is 4.12. The second-order valence-electron chi connectivity index (χ2n) is 6.39. The maximum atomic E-state index is 12.7. The molecule has 0 saturated carbocycles. The van der Waals surface area contributed by atoms with Crippen LogP contribution in [0.25, 0.3) is 0 Å². The molecule has 0 aliphatic rings. The molecular formula is C20H22F3NO6. The van der Waals surface area contributed by atoms with Gasteiger partial charge in [0.2, 0.25) is 5.78 Å². The van der Waals surface area contributed by atoms with Crippen LogP contribution in [0, 0.1) is 13.8 Å². The van der Waals surface area contributed by atoms with Gasteiger partial charge in [-0.2, -0.15) is 13.2 Å². The van der Waals surface area contributed by atoms with Crippen LogP contribution in [-0.2, 0) is 11.3 Å². The van der Waals surface area contributed by atoms with Crippen LogP contribution < -0.4 is 14.2 Å². The van der Waals surface area contributed by atoms with Crippen molar-refractivity contribution in [2.75, 3.05) is 27.9 Å². The SMILES string of the molecule is COc1cc(OC)c(C(=O)OCC(=O)c2cc(C)n(CC(F)(F)F)c2C)cc1OC. The average Bonchev–Trinajstić information content (AvgIpc) is 2.97. The van der Waals surface area contributed by atoms with Crippen molar-refractivity contribution in [3.63, 3.8) is 0 Å². The number of benzene rings is 1. The van der Waals surface area contributed by atoms with Crippen molar-refractivity contribution in [2.24, 2.45) is 0 Å². The fourth-order valence-electron chi connectivity index (χ4n) is 2.98. The second kappa shape index (κ2) is 9.10. The fraction of sp³-hybridized carbons (Fsp3) is 0.400. The average molecular weight is 429 g/mol. The lowest BCUT2D eigenvalue weighted by Crippen LogP contribution is -2.20. The van der Waals surface area contributed by atoms with Gasteiger partial charge in [0.15, 0.2) is 18.1 Å². The Morgan fingerprint density at radius 3 is 2.00 bits per heavy atom. The molecule has 0 radical (unpaired) electrons. The van der Waals surface area contributed by atoms with Gasteiger partial charge in [-0.05, 0) is 19.9 Å². The highest BCUT2D eigenvalue weighted by molar-refractivity contribution is 6.01. The number of ether oxygens (including phenoxy) is 4. The van der Waals surface area contributed by atoms with E-state index in [1.54, 1.807) is 0 Å². The number of carbonyl (C=O) groups excluding carboxylic acids is 2. The summed E-state index contributed by atoms with van der Waals surface area (Å²) in [4.78, 5) is 24.9. The van der Waals surface area contributed by atoms with E-state index < -0.39 is 31.1 Å². The number of methoxy groups -OCH3 is 3. The monoisotopic (exact) mass is 429 g/mol. The normalized spacial score (nSPS) is 11.2. The Hall–Kier alpha value is -3.17. The summed E-state index contributed by atoms with van der Waals surface area (Å²) in [5.41, 5.74) is 0.491. The predicted octanol–water partition coefficient (Wildman–Crippen LogP) is 3.73. The molecule has 2 aromatic rings. The molecule has 30 heavy (non-hydrogen) atoms. The molecule has 1 aromatic heterocycles. The van der Waals surface area contributed by atoms with E-state index >= 15 is 0 Å². The molecule has 0 unspecified atom stereocenters. The molecule has 7 nitrogen and oxygen atoms in total. The summed E-state index contributed by atoms with van der Waals surface area (Å²) >= 11 is 0. The molecule has 0 aliphatic carbocycles. The summed E-state index contributed by atoms with van der Waals surface area (Å²) in [6.07, 6.45) is -4.43.